The molecule has 1 aromatic rings. The Kier molecular flexibility index (Phi) is 8.43. The lowest BCUT2D eigenvalue weighted by atomic mass is 10.1. The van der Waals surface area contributed by atoms with E-state index in [4.69, 9.17) is 5.11 Å². The Morgan fingerprint density at radius 3 is 2.17 bits per heavy atom. The van der Waals surface area contributed by atoms with Crippen LogP contribution in [0.1, 0.15) is 22.8 Å². The lowest BCUT2D eigenvalue weighted by Crippen LogP contribution is -2.29. The van der Waals surface area contributed by atoms with Gasteiger partial charge in [-0.05, 0) is 73.3 Å². The predicted octanol–water partition coefficient (Wildman–Crippen LogP) is 1.81. The van der Waals surface area contributed by atoms with Gasteiger partial charge < -0.3 is 20.8 Å². The molecular formula is C13H13I3N2O5. The summed E-state index contributed by atoms with van der Waals surface area (Å²) in [4.78, 5) is 34.8. The molecule has 4 N–H and O–H groups in total. The molecule has 0 spiro atoms. The van der Waals surface area contributed by atoms with Crippen molar-refractivity contribution in [1.82, 2.24) is 5.32 Å². The van der Waals surface area contributed by atoms with Gasteiger partial charge in [0.15, 0.2) is 0 Å². The highest BCUT2D eigenvalue weighted by Gasteiger charge is 2.25. The Morgan fingerprint density at radius 1 is 1.09 bits per heavy atom. The van der Waals surface area contributed by atoms with Crippen LogP contribution in [0.25, 0.3) is 0 Å². The Bertz CT molecular complexity index is 664. The monoisotopic (exact) mass is 658 g/mol. The van der Waals surface area contributed by atoms with Crippen LogP contribution in [0.2, 0.25) is 0 Å². The SMILES string of the molecule is CC(=O)Nc1c(I)c(CC(=O)NCCO)c(I)c(C(=O)O)c1I. The number of anilines is 1. The molecule has 7 nitrogen and oxygen atoms in total. The number of aromatic carboxylic acids is 1. The minimum Gasteiger partial charge on any atom is -0.478 e. The maximum Gasteiger partial charge on any atom is 0.337 e. The van der Waals surface area contributed by atoms with Gasteiger partial charge >= 0.3 is 5.97 Å². The number of carboxylic acid groups (broad SMARTS) is 1. The van der Waals surface area contributed by atoms with E-state index in [9.17, 15) is 19.5 Å². The van der Waals surface area contributed by atoms with Crippen LogP contribution in [-0.2, 0) is 16.0 Å². The van der Waals surface area contributed by atoms with Crippen LogP contribution >= 0.6 is 67.8 Å². The van der Waals surface area contributed by atoms with Gasteiger partial charge in [0, 0.05) is 20.6 Å². The first-order valence-electron chi connectivity index (χ1n) is 6.28. The Hall–Kier alpha value is -0.220. The predicted molar refractivity (Wildman–Crippen MR) is 110 cm³/mol. The molecule has 0 aliphatic carbocycles. The van der Waals surface area contributed by atoms with Gasteiger partial charge in [-0.15, -0.1) is 0 Å². The van der Waals surface area contributed by atoms with Crippen molar-refractivity contribution in [2.75, 3.05) is 18.5 Å². The number of carbonyl (C=O) groups is 3. The highest BCUT2D eigenvalue weighted by atomic mass is 127. The molecule has 0 bridgehead atoms. The summed E-state index contributed by atoms with van der Waals surface area (Å²) in [6, 6.07) is 0. The van der Waals surface area contributed by atoms with Gasteiger partial charge in [0.1, 0.15) is 0 Å². The summed E-state index contributed by atoms with van der Waals surface area (Å²) >= 11 is 5.76. The number of rotatable bonds is 6. The Balaban J connectivity index is 3.43. The van der Waals surface area contributed by atoms with Crippen LogP contribution in [0.15, 0.2) is 0 Å². The third-order valence-corrected chi connectivity index (χ3v) is 6.15. The van der Waals surface area contributed by atoms with Crippen LogP contribution < -0.4 is 10.6 Å². The molecule has 10 heteroatoms. The fourth-order valence-corrected chi connectivity index (χ4v) is 6.04. The molecule has 2 amide bonds. The quantitative estimate of drug-likeness (QED) is 0.349. The van der Waals surface area contributed by atoms with E-state index in [1.807, 2.05) is 67.8 Å². The first kappa shape index (κ1) is 20.8. The van der Waals surface area contributed by atoms with Crippen molar-refractivity contribution >= 4 is 91.2 Å². The van der Waals surface area contributed by atoms with Gasteiger partial charge in [0.25, 0.3) is 0 Å². The molecule has 0 radical (unpaired) electrons. The number of carbonyl (C=O) groups excluding carboxylic acids is 2. The van der Waals surface area contributed by atoms with Gasteiger partial charge in [-0.3, -0.25) is 9.59 Å². The minimum absolute atomic E-state index is 0.0413. The number of aliphatic hydroxyl groups excluding tert-OH is 1. The Labute approximate surface area is 173 Å². The maximum absolute atomic E-state index is 11.9. The van der Waals surface area contributed by atoms with Crippen LogP contribution in [0.3, 0.4) is 0 Å². The molecule has 0 fully saturated rings. The second-order valence-corrected chi connectivity index (χ2v) is 7.64. The van der Waals surface area contributed by atoms with E-state index < -0.39 is 5.97 Å². The number of nitrogens with one attached hydrogen (secondary N) is 2. The Morgan fingerprint density at radius 2 is 1.70 bits per heavy atom. The van der Waals surface area contributed by atoms with Crippen molar-refractivity contribution < 1.29 is 24.6 Å². The van der Waals surface area contributed by atoms with E-state index in [1.54, 1.807) is 0 Å². The van der Waals surface area contributed by atoms with Crippen LogP contribution in [0, 0.1) is 10.7 Å². The van der Waals surface area contributed by atoms with Crippen molar-refractivity contribution in [2.45, 2.75) is 13.3 Å². The fourth-order valence-electron chi connectivity index (χ4n) is 1.76. The third-order valence-electron chi connectivity index (χ3n) is 2.69. The van der Waals surface area contributed by atoms with E-state index in [0.717, 1.165) is 0 Å². The molecule has 1 rings (SSSR count). The highest BCUT2D eigenvalue weighted by Crippen LogP contribution is 2.36. The zero-order chi connectivity index (χ0) is 17.7. The van der Waals surface area contributed by atoms with E-state index in [1.165, 1.54) is 6.92 Å². The molecule has 0 aliphatic rings. The number of amides is 2. The summed E-state index contributed by atoms with van der Waals surface area (Å²) in [6.45, 7) is 1.28. The highest BCUT2D eigenvalue weighted by molar-refractivity contribution is 14.1. The van der Waals surface area contributed by atoms with Crippen LogP contribution in [-0.4, -0.2) is 41.1 Å². The number of hydrogen-bond acceptors (Lipinski definition) is 4. The van der Waals surface area contributed by atoms with Gasteiger partial charge in [-0.2, -0.15) is 0 Å². The van der Waals surface area contributed by atoms with Crippen molar-refractivity contribution in [3.8, 4) is 0 Å². The van der Waals surface area contributed by atoms with Gasteiger partial charge in [0.2, 0.25) is 11.8 Å². The topological polar surface area (TPSA) is 116 Å². The normalized spacial score (nSPS) is 10.3. The molecule has 0 saturated carbocycles. The van der Waals surface area contributed by atoms with Crippen LogP contribution in [0.5, 0.6) is 0 Å². The number of benzene rings is 1. The second kappa shape index (κ2) is 9.31. The largest absolute Gasteiger partial charge is 0.478 e. The van der Waals surface area contributed by atoms with Gasteiger partial charge in [-0.25, -0.2) is 4.79 Å². The first-order valence-corrected chi connectivity index (χ1v) is 9.52. The molecule has 0 aromatic heterocycles. The molecule has 23 heavy (non-hydrogen) atoms. The molecule has 126 valence electrons. The molecular weight excluding hydrogens is 645 g/mol. The van der Waals surface area contributed by atoms with Crippen molar-refractivity contribution in [3.63, 3.8) is 0 Å². The summed E-state index contributed by atoms with van der Waals surface area (Å²) in [5, 5.41) is 23.3. The van der Waals surface area contributed by atoms with E-state index in [2.05, 4.69) is 10.6 Å². The summed E-state index contributed by atoms with van der Waals surface area (Å²) < 4.78 is 1.49. The van der Waals surface area contributed by atoms with E-state index in [-0.39, 0.29) is 37.0 Å². The molecule has 0 heterocycles. The zero-order valence-electron chi connectivity index (χ0n) is 11.9. The summed E-state index contributed by atoms with van der Waals surface area (Å²) in [5.41, 5.74) is 0.977. The van der Waals surface area contributed by atoms with Gasteiger partial charge in [-0.1, -0.05) is 0 Å². The minimum atomic E-state index is -1.13. The summed E-state index contributed by atoms with van der Waals surface area (Å²) in [5.74, 6) is -1.78. The molecule has 1 aromatic carbocycles. The second-order valence-electron chi connectivity index (χ2n) is 4.41. The van der Waals surface area contributed by atoms with Crippen molar-refractivity contribution in [3.05, 3.63) is 21.8 Å². The molecule has 0 saturated heterocycles. The first-order chi connectivity index (χ1) is 10.7. The lowest BCUT2D eigenvalue weighted by Gasteiger charge is -2.17. The lowest BCUT2D eigenvalue weighted by molar-refractivity contribution is -0.120. The third kappa shape index (κ3) is 5.38. The number of aliphatic hydroxyl groups is 1. The number of hydrogen-bond donors (Lipinski definition) is 4. The van der Waals surface area contributed by atoms with E-state index in [0.29, 0.717) is 22.0 Å². The molecule has 0 aliphatic heterocycles. The van der Waals surface area contributed by atoms with E-state index >= 15 is 0 Å². The van der Waals surface area contributed by atoms with Gasteiger partial charge in [0.05, 0.1) is 27.8 Å². The standard InChI is InChI=1S/C13H13I3N2O5/c1-5(20)18-12-10(15)6(4-7(21)17-2-3-19)9(14)8(11(12)16)13(22)23/h19H,2-4H2,1H3,(H,17,21)(H,18,20)(H,22,23). The smallest absolute Gasteiger partial charge is 0.337 e. The molecule has 0 unspecified atom stereocenters. The average molecular weight is 658 g/mol. The average Bonchev–Trinajstić information content (AvgIpc) is 2.45. The summed E-state index contributed by atoms with van der Waals surface area (Å²) in [6.07, 6.45) is -0.0413. The van der Waals surface area contributed by atoms with Crippen molar-refractivity contribution in [1.29, 1.82) is 0 Å². The number of carboxylic acids is 1. The number of halogens is 3. The molecule has 0 atom stereocenters. The zero-order valence-corrected chi connectivity index (χ0v) is 18.3. The van der Waals surface area contributed by atoms with Crippen molar-refractivity contribution in [2.24, 2.45) is 0 Å². The fraction of sp³-hybridized carbons (Fsp3) is 0.308. The summed E-state index contributed by atoms with van der Waals surface area (Å²) in [7, 11) is 0. The van der Waals surface area contributed by atoms with Crippen LogP contribution in [0.4, 0.5) is 5.69 Å². The maximum atomic E-state index is 11.9.